The average molecular weight is 545 g/mol. The van der Waals surface area contributed by atoms with Crippen LogP contribution in [0.1, 0.15) is 42.0 Å². The molecule has 0 bridgehead atoms. The van der Waals surface area contributed by atoms with Gasteiger partial charge in [0.15, 0.2) is 11.8 Å². The van der Waals surface area contributed by atoms with E-state index in [4.69, 9.17) is 35.5 Å². The number of benzene rings is 1. The standard InChI is InChI=1S/C27H30ClFN4O5/c28-17-10-20-26(33-27(32-20)38-22-12-36-24-21(34)11-35-25(22)24)31-19(17)8-14-2-1-13-7-16(9-18(29)23(13)14)37-15-3-5-30-6-4-15/h7,9-10,14-15,21-22,24-25,30,34H,1-6,8,11-12H2,(H,31,32,33)/t14?,21-,22-,24-,25-/m1/s1. The van der Waals surface area contributed by atoms with Crippen molar-refractivity contribution in [3.05, 3.63) is 45.9 Å². The van der Waals surface area contributed by atoms with E-state index in [1.807, 2.05) is 6.07 Å². The number of aromatic nitrogens is 3. The Kier molecular flexibility index (Phi) is 6.40. The first-order valence-corrected chi connectivity index (χ1v) is 13.7. The Bertz CT molecular complexity index is 1350. The molecule has 3 saturated heterocycles. The number of hydrogen-bond donors (Lipinski definition) is 3. The zero-order valence-corrected chi connectivity index (χ0v) is 21.5. The second-order valence-corrected chi connectivity index (χ2v) is 11.0. The quantitative estimate of drug-likeness (QED) is 0.434. The number of aryl methyl sites for hydroxylation is 1. The number of pyridine rings is 1. The number of imidazole rings is 1. The van der Waals surface area contributed by atoms with Crippen LogP contribution in [0.3, 0.4) is 0 Å². The maximum atomic E-state index is 15.3. The van der Waals surface area contributed by atoms with E-state index in [1.165, 1.54) is 6.07 Å². The minimum absolute atomic E-state index is 0.0199. The minimum Gasteiger partial charge on any atom is -0.490 e. The number of ether oxygens (including phenoxy) is 4. The highest BCUT2D eigenvalue weighted by atomic mass is 35.5. The van der Waals surface area contributed by atoms with Gasteiger partial charge in [-0.05, 0) is 74.4 Å². The van der Waals surface area contributed by atoms with Gasteiger partial charge in [0.1, 0.15) is 36.0 Å². The van der Waals surface area contributed by atoms with Gasteiger partial charge >= 0.3 is 0 Å². The number of nitrogens with zero attached hydrogens (tertiary/aromatic N) is 2. The molecule has 2 aromatic heterocycles. The fraction of sp³-hybridized carbons (Fsp3) is 0.556. The molecule has 5 heterocycles. The van der Waals surface area contributed by atoms with E-state index < -0.39 is 6.10 Å². The third-order valence-electron chi connectivity index (χ3n) is 8.11. The van der Waals surface area contributed by atoms with Gasteiger partial charge in [-0.1, -0.05) is 11.6 Å². The van der Waals surface area contributed by atoms with Crippen molar-refractivity contribution in [2.75, 3.05) is 26.3 Å². The van der Waals surface area contributed by atoms with Crippen LogP contribution in [-0.2, 0) is 22.3 Å². The van der Waals surface area contributed by atoms with Crippen LogP contribution in [0.25, 0.3) is 11.2 Å². The van der Waals surface area contributed by atoms with Crippen LogP contribution in [0.4, 0.5) is 4.39 Å². The lowest BCUT2D eigenvalue weighted by molar-refractivity contribution is 0.00706. The molecule has 9 nitrogen and oxygen atoms in total. The van der Waals surface area contributed by atoms with Gasteiger partial charge in [-0.25, -0.2) is 9.37 Å². The second-order valence-electron chi connectivity index (χ2n) is 10.6. The van der Waals surface area contributed by atoms with Crippen molar-refractivity contribution >= 4 is 22.8 Å². The van der Waals surface area contributed by atoms with Crippen LogP contribution in [0.2, 0.25) is 5.02 Å². The van der Waals surface area contributed by atoms with Gasteiger partial charge in [0, 0.05) is 6.07 Å². The number of H-pyrrole nitrogens is 1. The van der Waals surface area contributed by atoms with Crippen molar-refractivity contribution in [1.29, 1.82) is 0 Å². The smallest absolute Gasteiger partial charge is 0.296 e. The highest BCUT2D eigenvalue weighted by Gasteiger charge is 2.48. The lowest BCUT2D eigenvalue weighted by Gasteiger charge is -2.24. The van der Waals surface area contributed by atoms with E-state index in [9.17, 15) is 5.11 Å². The maximum Gasteiger partial charge on any atom is 0.296 e. The Hall–Kier alpha value is -2.50. The lowest BCUT2D eigenvalue weighted by Crippen LogP contribution is -2.34. The summed E-state index contributed by atoms with van der Waals surface area (Å²) in [4.78, 5) is 12.3. The summed E-state index contributed by atoms with van der Waals surface area (Å²) >= 11 is 6.61. The number of halogens is 2. The van der Waals surface area contributed by atoms with Crippen LogP contribution in [0, 0.1) is 5.82 Å². The van der Waals surface area contributed by atoms with Crippen molar-refractivity contribution in [3.8, 4) is 11.8 Å². The maximum absolute atomic E-state index is 15.3. The summed E-state index contributed by atoms with van der Waals surface area (Å²) in [7, 11) is 0. The molecule has 0 amide bonds. The molecule has 3 aliphatic heterocycles. The van der Waals surface area contributed by atoms with Crippen LogP contribution < -0.4 is 14.8 Å². The van der Waals surface area contributed by atoms with E-state index in [2.05, 4.69) is 15.3 Å². The fourth-order valence-electron chi connectivity index (χ4n) is 6.22. The number of aliphatic hydroxyl groups excluding tert-OH is 1. The molecule has 7 rings (SSSR count). The fourth-order valence-corrected chi connectivity index (χ4v) is 6.45. The molecule has 1 aromatic carbocycles. The molecule has 5 atom stereocenters. The highest BCUT2D eigenvalue weighted by molar-refractivity contribution is 6.31. The molecule has 11 heteroatoms. The van der Waals surface area contributed by atoms with E-state index in [0.717, 1.165) is 49.9 Å². The van der Waals surface area contributed by atoms with Crippen LogP contribution >= 0.6 is 11.6 Å². The SMILES string of the molecule is O[C@@H]1CO[C@H]2[C@@H]1OC[C@H]2Oc1nc2nc(CC3CCc4cc(OC5CCNCC5)cc(F)c43)c(Cl)cc2[nH]1. The topological polar surface area (TPSA) is 111 Å². The number of rotatable bonds is 6. The molecular weight excluding hydrogens is 515 g/mol. The summed E-state index contributed by atoms with van der Waals surface area (Å²) in [6.45, 7) is 2.39. The van der Waals surface area contributed by atoms with E-state index >= 15 is 4.39 Å². The number of aromatic amines is 1. The molecule has 202 valence electrons. The number of aliphatic hydroxyl groups is 1. The summed E-state index contributed by atoms with van der Waals surface area (Å²) in [5.74, 6) is 0.374. The van der Waals surface area contributed by atoms with Gasteiger partial charge in [-0.2, -0.15) is 4.98 Å². The Balaban J connectivity index is 1.07. The van der Waals surface area contributed by atoms with Gasteiger partial charge in [0.25, 0.3) is 6.01 Å². The largest absolute Gasteiger partial charge is 0.490 e. The monoisotopic (exact) mass is 544 g/mol. The Morgan fingerprint density at radius 3 is 2.76 bits per heavy atom. The summed E-state index contributed by atoms with van der Waals surface area (Å²) < 4.78 is 38.6. The third-order valence-corrected chi connectivity index (χ3v) is 8.44. The van der Waals surface area contributed by atoms with Crippen molar-refractivity contribution in [1.82, 2.24) is 20.3 Å². The van der Waals surface area contributed by atoms with Gasteiger partial charge < -0.3 is 34.4 Å². The van der Waals surface area contributed by atoms with Crippen LogP contribution in [0.15, 0.2) is 18.2 Å². The van der Waals surface area contributed by atoms with Gasteiger partial charge in [0.05, 0.1) is 29.4 Å². The number of nitrogens with one attached hydrogen (secondary N) is 2. The van der Waals surface area contributed by atoms with Crippen molar-refractivity contribution in [2.24, 2.45) is 0 Å². The Morgan fingerprint density at radius 2 is 1.89 bits per heavy atom. The predicted molar refractivity (Wildman–Crippen MR) is 136 cm³/mol. The average Bonchev–Trinajstić information content (AvgIpc) is 3.67. The Morgan fingerprint density at radius 1 is 1.05 bits per heavy atom. The predicted octanol–water partition coefficient (Wildman–Crippen LogP) is 3.06. The normalized spacial score (nSPS) is 29.1. The summed E-state index contributed by atoms with van der Waals surface area (Å²) in [5, 5.41) is 13.8. The van der Waals surface area contributed by atoms with E-state index in [-0.39, 0.29) is 42.8 Å². The molecule has 4 aliphatic rings. The zero-order valence-electron chi connectivity index (χ0n) is 20.8. The first-order chi connectivity index (χ1) is 18.5. The van der Waals surface area contributed by atoms with Crippen molar-refractivity contribution in [3.63, 3.8) is 0 Å². The van der Waals surface area contributed by atoms with Gasteiger partial charge in [-0.3, -0.25) is 0 Å². The van der Waals surface area contributed by atoms with Gasteiger partial charge in [-0.15, -0.1) is 0 Å². The lowest BCUT2D eigenvalue weighted by atomic mass is 9.95. The zero-order chi connectivity index (χ0) is 25.8. The van der Waals surface area contributed by atoms with Crippen LogP contribution in [0.5, 0.6) is 11.8 Å². The van der Waals surface area contributed by atoms with Gasteiger partial charge in [0.2, 0.25) is 0 Å². The van der Waals surface area contributed by atoms with Crippen LogP contribution in [-0.4, -0.2) is 76.9 Å². The van der Waals surface area contributed by atoms with E-state index in [1.54, 1.807) is 6.07 Å². The molecule has 3 aromatic rings. The van der Waals surface area contributed by atoms with E-state index in [0.29, 0.717) is 46.7 Å². The van der Waals surface area contributed by atoms with Crippen molar-refractivity contribution in [2.45, 2.75) is 68.5 Å². The third kappa shape index (κ3) is 4.52. The molecule has 0 radical (unpaired) electrons. The highest BCUT2D eigenvalue weighted by Crippen LogP contribution is 2.40. The molecule has 38 heavy (non-hydrogen) atoms. The number of hydrogen-bond acceptors (Lipinski definition) is 8. The number of piperidine rings is 1. The molecular formula is C27H30ClFN4O5. The molecule has 1 aliphatic carbocycles. The summed E-state index contributed by atoms with van der Waals surface area (Å²) in [5.41, 5.74) is 3.54. The number of fused-ring (bicyclic) bond motifs is 3. The second kappa shape index (κ2) is 9.91. The molecule has 0 saturated carbocycles. The molecule has 0 spiro atoms. The molecule has 1 unspecified atom stereocenters. The molecule has 3 fully saturated rings. The summed E-state index contributed by atoms with van der Waals surface area (Å²) in [6.07, 6.45) is 2.37. The first kappa shape index (κ1) is 24.5. The molecule has 3 N–H and O–H groups in total. The minimum atomic E-state index is -0.647. The van der Waals surface area contributed by atoms with Crippen molar-refractivity contribution < 1.29 is 28.4 Å². The summed E-state index contributed by atoms with van der Waals surface area (Å²) in [6, 6.07) is 5.60. The Labute approximate surface area is 224 Å². The first-order valence-electron chi connectivity index (χ1n) is 13.3.